The summed E-state index contributed by atoms with van der Waals surface area (Å²) in [6.07, 6.45) is 1.18. The summed E-state index contributed by atoms with van der Waals surface area (Å²) in [5.74, 6) is 0.770. The lowest BCUT2D eigenvalue weighted by molar-refractivity contribution is -0.0152. The molecule has 0 saturated heterocycles. The van der Waals surface area contributed by atoms with E-state index in [1.54, 1.807) is 0 Å². The first-order valence-electron chi connectivity index (χ1n) is 8.29. The highest BCUT2D eigenvalue weighted by molar-refractivity contribution is 6.30. The van der Waals surface area contributed by atoms with Gasteiger partial charge < -0.3 is 0 Å². The number of rotatable bonds is 3. The predicted octanol–water partition coefficient (Wildman–Crippen LogP) is 3.05. The molecule has 2 heterocycles. The SMILES string of the molecule is Clc1ccc(C2=NCC(CN3CCc4ccccc4C3)ON2)cc1. The zero-order valence-corrected chi connectivity index (χ0v) is 14.2. The van der Waals surface area contributed by atoms with Gasteiger partial charge in [0.25, 0.3) is 0 Å². The molecular weight excluding hydrogens is 322 g/mol. The highest BCUT2D eigenvalue weighted by Gasteiger charge is 2.23. The standard InChI is InChI=1S/C19H20ClN3O/c20-17-7-5-15(6-8-17)19-21-11-18(24-22-19)13-23-10-9-14-3-1-2-4-16(14)12-23/h1-8,18H,9-13H2,(H,21,22). The summed E-state index contributed by atoms with van der Waals surface area (Å²) in [6.45, 7) is 3.62. The van der Waals surface area contributed by atoms with Gasteiger partial charge in [-0.1, -0.05) is 35.9 Å². The van der Waals surface area contributed by atoms with Crippen molar-refractivity contribution in [3.8, 4) is 0 Å². The predicted molar refractivity (Wildman–Crippen MR) is 96.3 cm³/mol. The second-order valence-corrected chi connectivity index (χ2v) is 6.73. The fraction of sp³-hybridized carbons (Fsp3) is 0.316. The molecule has 4 rings (SSSR count). The lowest BCUT2D eigenvalue weighted by Crippen LogP contribution is -2.45. The number of amidine groups is 1. The molecular formula is C19H20ClN3O. The maximum atomic E-state index is 5.92. The van der Waals surface area contributed by atoms with Gasteiger partial charge in [-0.15, -0.1) is 0 Å². The van der Waals surface area contributed by atoms with E-state index >= 15 is 0 Å². The van der Waals surface area contributed by atoms with E-state index in [0.717, 1.165) is 42.5 Å². The fourth-order valence-corrected chi connectivity index (χ4v) is 3.38. The zero-order valence-electron chi connectivity index (χ0n) is 13.4. The normalized spacial score (nSPS) is 20.9. The Labute approximate surface area is 147 Å². The molecule has 0 saturated carbocycles. The van der Waals surface area contributed by atoms with E-state index in [4.69, 9.17) is 16.4 Å². The first-order valence-corrected chi connectivity index (χ1v) is 8.67. The van der Waals surface area contributed by atoms with Gasteiger partial charge in [0.1, 0.15) is 6.10 Å². The number of halogens is 1. The van der Waals surface area contributed by atoms with Crippen LogP contribution < -0.4 is 5.48 Å². The van der Waals surface area contributed by atoms with Crippen LogP contribution in [0.2, 0.25) is 5.02 Å². The Bertz CT molecular complexity index is 745. The van der Waals surface area contributed by atoms with Crippen molar-refractivity contribution in [2.45, 2.75) is 19.1 Å². The number of fused-ring (bicyclic) bond motifs is 1. The summed E-state index contributed by atoms with van der Waals surface area (Å²) in [5.41, 5.74) is 6.88. The molecule has 2 aromatic rings. The zero-order chi connectivity index (χ0) is 16.4. The lowest BCUT2D eigenvalue weighted by atomic mass is 10.00. The third kappa shape index (κ3) is 3.46. The summed E-state index contributed by atoms with van der Waals surface area (Å²) in [7, 11) is 0. The number of hydrogen-bond acceptors (Lipinski definition) is 4. The summed E-state index contributed by atoms with van der Waals surface area (Å²) >= 11 is 5.92. The van der Waals surface area contributed by atoms with Crippen molar-refractivity contribution in [1.29, 1.82) is 0 Å². The average Bonchev–Trinajstić information content (AvgIpc) is 2.63. The molecule has 1 unspecified atom stereocenters. The molecule has 4 nitrogen and oxygen atoms in total. The summed E-state index contributed by atoms with van der Waals surface area (Å²) in [6, 6.07) is 16.3. The van der Waals surface area contributed by atoms with E-state index in [0.29, 0.717) is 6.54 Å². The van der Waals surface area contributed by atoms with Gasteiger partial charge in [-0.25, -0.2) is 5.48 Å². The molecule has 5 heteroatoms. The average molecular weight is 342 g/mol. The van der Waals surface area contributed by atoms with Crippen molar-refractivity contribution < 1.29 is 4.84 Å². The molecule has 0 aliphatic carbocycles. The van der Waals surface area contributed by atoms with E-state index in [1.807, 2.05) is 24.3 Å². The minimum absolute atomic E-state index is 0.0753. The van der Waals surface area contributed by atoms with Crippen LogP contribution in [0.4, 0.5) is 0 Å². The van der Waals surface area contributed by atoms with Crippen molar-refractivity contribution in [2.75, 3.05) is 19.6 Å². The van der Waals surface area contributed by atoms with Crippen LogP contribution in [0.5, 0.6) is 0 Å². The maximum Gasteiger partial charge on any atom is 0.152 e. The number of hydrogen-bond donors (Lipinski definition) is 1. The second kappa shape index (κ2) is 6.93. The Morgan fingerprint density at radius 2 is 1.92 bits per heavy atom. The van der Waals surface area contributed by atoms with Gasteiger partial charge in [0.05, 0.1) is 6.54 Å². The van der Waals surface area contributed by atoms with Crippen LogP contribution in [-0.4, -0.2) is 36.5 Å². The lowest BCUT2D eigenvalue weighted by Gasteiger charge is -2.32. The first kappa shape index (κ1) is 15.6. The number of nitrogens with zero attached hydrogens (tertiary/aromatic N) is 2. The molecule has 24 heavy (non-hydrogen) atoms. The summed E-state index contributed by atoms with van der Waals surface area (Å²) in [5, 5.41) is 0.722. The molecule has 1 atom stereocenters. The number of nitrogens with one attached hydrogen (secondary N) is 1. The van der Waals surface area contributed by atoms with Gasteiger partial charge in [0, 0.05) is 30.2 Å². The fourth-order valence-electron chi connectivity index (χ4n) is 3.25. The van der Waals surface area contributed by atoms with Crippen molar-refractivity contribution in [3.63, 3.8) is 0 Å². The van der Waals surface area contributed by atoms with Crippen LogP contribution in [0.1, 0.15) is 16.7 Å². The third-order valence-corrected chi connectivity index (χ3v) is 4.82. The molecule has 0 spiro atoms. The maximum absolute atomic E-state index is 5.92. The minimum atomic E-state index is 0.0753. The van der Waals surface area contributed by atoms with Crippen LogP contribution in [0.25, 0.3) is 0 Å². The van der Waals surface area contributed by atoms with Crippen molar-refractivity contribution in [1.82, 2.24) is 10.4 Å². The first-order chi connectivity index (χ1) is 11.8. The van der Waals surface area contributed by atoms with Crippen LogP contribution >= 0.6 is 11.6 Å². The highest BCUT2D eigenvalue weighted by atomic mass is 35.5. The van der Waals surface area contributed by atoms with E-state index in [2.05, 4.69) is 39.6 Å². The number of benzene rings is 2. The minimum Gasteiger partial charge on any atom is -0.296 e. The number of aliphatic imine (C=N–C) groups is 1. The molecule has 0 amide bonds. The quantitative estimate of drug-likeness (QED) is 0.932. The molecule has 0 bridgehead atoms. The van der Waals surface area contributed by atoms with E-state index in [1.165, 1.54) is 11.1 Å². The van der Waals surface area contributed by atoms with Crippen molar-refractivity contribution >= 4 is 17.4 Å². The topological polar surface area (TPSA) is 36.9 Å². The van der Waals surface area contributed by atoms with Gasteiger partial charge in [0.2, 0.25) is 0 Å². The largest absolute Gasteiger partial charge is 0.296 e. The molecule has 0 aromatic heterocycles. The van der Waals surface area contributed by atoms with E-state index < -0.39 is 0 Å². The second-order valence-electron chi connectivity index (χ2n) is 6.29. The third-order valence-electron chi connectivity index (χ3n) is 4.56. The molecule has 2 aliphatic heterocycles. The van der Waals surface area contributed by atoms with E-state index in [-0.39, 0.29) is 6.10 Å². The Morgan fingerprint density at radius 1 is 1.12 bits per heavy atom. The summed E-state index contributed by atoms with van der Waals surface area (Å²) < 4.78 is 0. The Balaban J connectivity index is 1.36. The van der Waals surface area contributed by atoms with Crippen LogP contribution in [0, 0.1) is 0 Å². The van der Waals surface area contributed by atoms with Crippen LogP contribution in [0.3, 0.4) is 0 Å². The van der Waals surface area contributed by atoms with Gasteiger partial charge in [-0.05, 0) is 41.8 Å². The Kier molecular flexibility index (Phi) is 4.52. The smallest absolute Gasteiger partial charge is 0.152 e. The van der Waals surface area contributed by atoms with E-state index in [9.17, 15) is 0 Å². The molecule has 1 N–H and O–H groups in total. The van der Waals surface area contributed by atoms with Crippen LogP contribution in [-0.2, 0) is 17.8 Å². The van der Waals surface area contributed by atoms with Gasteiger partial charge in [0.15, 0.2) is 5.84 Å². The monoisotopic (exact) mass is 341 g/mol. The molecule has 124 valence electrons. The number of hydroxylamine groups is 1. The van der Waals surface area contributed by atoms with Crippen LogP contribution in [0.15, 0.2) is 53.5 Å². The van der Waals surface area contributed by atoms with Gasteiger partial charge in [-0.3, -0.25) is 14.7 Å². The van der Waals surface area contributed by atoms with Gasteiger partial charge in [-0.2, -0.15) is 0 Å². The molecule has 2 aromatic carbocycles. The molecule has 0 fully saturated rings. The van der Waals surface area contributed by atoms with Gasteiger partial charge >= 0.3 is 0 Å². The van der Waals surface area contributed by atoms with Crippen molar-refractivity contribution in [2.24, 2.45) is 4.99 Å². The molecule has 0 radical (unpaired) electrons. The molecule has 2 aliphatic rings. The highest BCUT2D eigenvalue weighted by Crippen LogP contribution is 2.19. The van der Waals surface area contributed by atoms with Crippen molar-refractivity contribution in [3.05, 3.63) is 70.2 Å². The Hall–Kier alpha value is -1.88. The Morgan fingerprint density at radius 3 is 2.67 bits per heavy atom. The summed E-state index contributed by atoms with van der Waals surface area (Å²) in [4.78, 5) is 12.9.